The molecule has 1 heterocycles. The molecular formula is C5H7N5O3. The van der Waals surface area contributed by atoms with Gasteiger partial charge >= 0.3 is 5.97 Å². The summed E-state index contributed by atoms with van der Waals surface area (Å²) >= 11 is 0. The summed E-state index contributed by atoms with van der Waals surface area (Å²) in [5.41, 5.74) is 4.88. The summed E-state index contributed by atoms with van der Waals surface area (Å²) in [5, 5.41) is 18.5. The predicted octanol–water partition coefficient (Wildman–Crippen LogP) is -2.21. The molecule has 1 rings (SSSR count). The minimum absolute atomic E-state index is 0.103. The number of tetrazole rings is 1. The van der Waals surface area contributed by atoms with Gasteiger partial charge in [-0.05, 0) is 10.4 Å². The molecule has 0 aliphatic carbocycles. The molecule has 0 bridgehead atoms. The topological polar surface area (TPSA) is 124 Å². The number of carboxylic acid groups (broad SMARTS) is 1. The van der Waals surface area contributed by atoms with E-state index in [1.165, 1.54) is 0 Å². The molecule has 0 unspecified atom stereocenters. The van der Waals surface area contributed by atoms with Crippen LogP contribution in [0, 0.1) is 0 Å². The van der Waals surface area contributed by atoms with E-state index in [0.717, 1.165) is 4.68 Å². The third kappa shape index (κ3) is 2.51. The first-order valence-corrected chi connectivity index (χ1v) is 3.34. The lowest BCUT2D eigenvalue weighted by Crippen LogP contribution is -2.22. The average Bonchev–Trinajstić information content (AvgIpc) is 2.34. The fourth-order valence-electron chi connectivity index (χ4n) is 0.756. The number of aromatic nitrogens is 4. The first-order valence-electron chi connectivity index (χ1n) is 3.34. The molecule has 13 heavy (non-hydrogen) atoms. The summed E-state index contributed by atoms with van der Waals surface area (Å²) in [6, 6.07) is 0. The van der Waals surface area contributed by atoms with E-state index in [1.807, 2.05) is 0 Å². The maximum atomic E-state index is 10.5. The van der Waals surface area contributed by atoms with Crippen LogP contribution in [0.4, 0.5) is 0 Å². The van der Waals surface area contributed by atoms with Crippen LogP contribution >= 0.6 is 0 Å². The van der Waals surface area contributed by atoms with Crippen molar-refractivity contribution in [2.24, 2.45) is 5.73 Å². The Bertz CT molecular complexity index is 302. The number of primary amides is 1. The normalized spacial score (nSPS) is 9.85. The fraction of sp³-hybridized carbons (Fsp3) is 0.400. The molecule has 70 valence electrons. The van der Waals surface area contributed by atoms with Gasteiger partial charge in [-0.1, -0.05) is 0 Å². The molecule has 0 aliphatic heterocycles. The third-order valence-electron chi connectivity index (χ3n) is 1.22. The van der Waals surface area contributed by atoms with E-state index in [2.05, 4.69) is 15.5 Å². The molecule has 0 aliphatic rings. The lowest BCUT2D eigenvalue weighted by Gasteiger charge is -1.97. The minimum Gasteiger partial charge on any atom is -0.481 e. The highest BCUT2D eigenvalue weighted by atomic mass is 16.4. The smallest absolute Gasteiger partial charge is 0.311 e. The van der Waals surface area contributed by atoms with Gasteiger partial charge in [-0.15, -0.1) is 5.10 Å². The Labute approximate surface area is 72.3 Å². The van der Waals surface area contributed by atoms with Crippen molar-refractivity contribution in [1.82, 2.24) is 20.2 Å². The van der Waals surface area contributed by atoms with Crippen molar-refractivity contribution in [3.8, 4) is 0 Å². The lowest BCUT2D eigenvalue weighted by molar-refractivity contribution is -0.136. The molecule has 1 amide bonds. The van der Waals surface area contributed by atoms with Crippen LogP contribution in [0.2, 0.25) is 0 Å². The number of rotatable bonds is 4. The van der Waals surface area contributed by atoms with E-state index < -0.39 is 11.9 Å². The summed E-state index contributed by atoms with van der Waals surface area (Å²) < 4.78 is 1.05. The van der Waals surface area contributed by atoms with Crippen molar-refractivity contribution in [3.63, 3.8) is 0 Å². The lowest BCUT2D eigenvalue weighted by atomic mass is 10.4. The quantitative estimate of drug-likeness (QED) is 0.547. The van der Waals surface area contributed by atoms with Gasteiger partial charge in [0.05, 0.1) is 0 Å². The van der Waals surface area contributed by atoms with Crippen LogP contribution in [-0.2, 0) is 22.6 Å². The minimum atomic E-state index is -1.07. The Hall–Kier alpha value is -1.99. The van der Waals surface area contributed by atoms with E-state index in [1.54, 1.807) is 0 Å². The van der Waals surface area contributed by atoms with Gasteiger partial charge in [-0.2, -0.15) is 0 Å². The number of amides is 1. The number of carbonyl (C=O) groups excluding carboxylic acids is 1. The zero-order valence-corrected chi connectivity index (χ0v) is 6.54. The highest BCUT2D eigenvalue weighted by Crippen LogP contribution is 1.92. The molecule has 0 radical (unpaired) electrons. The molecule has 0 saturated heterocycles. The SMILES string of the molecule is NC(=O)Cn1nnnc1CC(=O)O. The summed E-state index contributed by atoms with van der Waals surface area (Å²) in [7, 11) is 0. The number of hydrogen-bond donors (Lipinski definition) is 2. The number of hydrogen-bond acceptors (Lipinski definition) is 5. The Morgan fingerprint density at radius 2 is 2.23 bits per heavy atom. The molecule has 1 aromatic rings. The Morgan fingerprint density at radius 1 is 1.54 bits per heavy atom. The zero-order chi connectivity index (χ0) is 9.84. The van der Waals surface area contributed by atoms with Gasteiger partial charge in [0.15, 0.2) is 5.82 Å². The largest absolute Gasteiger partial charge is 0.481 e. The van der Waals surface area contributed by atoms with Crippen LogP contribution in [0.25, 0.3) is 0 Å². The molecule has 0 fully saturated rings. The summed E-state index contributed by atoms with van der Waals surface area (Å²) in [6.45, 7) is -0.213. The molecule has 8 heteroatoms. The van der Waals surface area contributed by atoms with Crippen LogP contribution in [-0.4, -0.2) is 37.2 Å². The monoisotopic (exact) mass is 185 g/mol. The number of carboxylic acids is 1. The molecule has 0 aromatic carbocycles. The second-order valence-electron chi connectivity index (χ2n) is 2.29. The Kier molecular flexibility index (Phi) is 2.52. The van der Waals surface area contributed by atoms with Gasteiger partial charge in [0.25, 0.3) is 0 Å². The highest BCUT2D eigenvalue weighted by molar-refractivity contribution is 5.73. The van der Waals surface area contributed by atoms with E-state index in [0.29, 0.717) is 0 Å². The number of aliphatic carboxylic acids is 1. The van der Waals surface area contributed by atoms with Crippen molar-refractivity contribution in [2.75, 3.05) is 0 Å². The van der Waals surface area contributed by atoms with Gasteiger partial charge in [-0.25, -0.2) is 4.68 Å². The van der Waals surface area contributed by atoms with Crippen LogP contribution in [0.5, 0.6) is 0 Å². The van der Waals surface area contributed by atoms with E-state index in [4.69, 9.17) is 10.8 Å². The molecule has 0 saturated carbocycles. The van der Waals surface area contributed by atoms with Crippen molar-refractivity contribution >= 4 is 11.9 Å². The van der Waals surface area contributed by atoms with Gasteiger partial charge in [0.2, 0.25) is 5.91 Å². The summed E-state index contributed by atoms with van der Waals surface area (Å²) in [5.74, 6) is -1.59. The van der Waals surface area contributed by atoms with Crippen molar-refractivity contribution in [2.45, 2.75) is 13.0 Å². The Balaban J connectivity index is 2.76. The van der Waals surface area contributed by atoms with E-state index in [9.17, 15) is 9.59 Å². The standard InChI is InChI=1S/C5H7N5O3/c6-3(11)2-10-4(1-5(12)13)7-8-9-10/h1-2H2,(H2,6,11)(H,12,13). The highest BCUT2D eigenvalue weighted by Gasteiger charge is 2.11. The van der Waals surface area contributed by atoms with Crippen LogP contribution in [0.1, 0.15) is 5.82 Å². The molecular weight excluding hydrogens is 178 g/mol. The molecule has 0 atom stereocenters. The van der Waals surface area contributed by atoms with Gasteiger partial charge in [-0.3, -0.25) is 9.59 Å². The second-order valence-corrected chi connectivity index (χ2v) is 2.29. The van der Waals surface area contributed by atoms with Crippen LogP contribution < -0.4 is 5.73 Å². The summed E-state index contributed by atoms with van der Waals surface area (Å²) in [4.78, 5) is 20.7. The van der Waals surface area contributed by atoms with Crippen molar-refractivity contribution < 1.29 is 14.7 Å². The molecule has 1 aromatic heterocycles. The fourth-order valence-corrected chi connectivity index (χ4v) is 0.756. The van der Waals surface area contributed by atoms with E-state index in [-0.39, 0.29) is 18.8 Å². The molecule has 0 spiro atoms. The average molecular weight is 185 g/mol. The van der Waals surface area contributed by atoms with Crippen LogP contribution in [0.3, 0.4) is 0 Å². The number of nitrogens with two attached hydrogens (primary N) is 1. The third-order valence-corrected chi connectivity index (χ3v) is 1.22. The molecule has 8 nitrogen and oxygen atoms in total. The zero-order valence-electron chi connectivity index (χ0n) is 6.54. The number of nitrogens with zero attached hydrogens (tertiary/aromatic N) is 4. The van der Waals surface area contributed by atoms with Crippen molar-refractivity contribution in [1.29, 1.82) is 0 Å². The van der Waals surface area contributed by atoms with Crippen molar-refractivity contribution in [3.05, 3.63) is 5.82 Å². The second kappa shape index (κ2) is 3.61. The van der Waals surface area contributed by atoms with Gasteiger partial charge < -0.3 is 10.8 Å². The Morgan fingerprint density at radius 3 is 2.77 bits per heavy atom. The van der Waals surface area contributed by atoms with Gasteiger partial charge in [0.1, 0.15) is 13.0 Å². The number of carbonyl (C=O) groups is 2. The summed E-state index contributed by atoms with van der Waals surface area (Å²) in [6.07, 6.45) is -0.333. The first-order chi connectivity index (χ1) is 6.09. The maximum Gasteiger partial charge on any atom is 0.311 e. The first kappa shape index (κ1) is 9.10. The molecule has 3 N–H and O–H groups in total. The van der Waals surface area contributed by atoms with Gasteiger partial charge in [0, 0.05) is 0 Å². The predicted molar refractivity (Wildman–Crippen MR) is 38.4 cm³/mol. The van der Waals surface area contributed by atoms with E-state index >= 15 is 0 Å². The maximum absolute atomic E-state index is 10.5. The van der Waals surface area contributed by atoms with Crippen LogP contribution in [0.15, 0.2) is 0 Å².